The molecule has 0 saturated carbocycles. The van der Waals surface area contributed by atoms with Gasteiger partial charge in [-0.05, 0) is 37.5 Å². The van der Waals surface area contributed by atoms with E-state index in [0.29, 0.717) is 17.4 Å². The van der Waals surface area contributed by atoms with E-state index in [1.807, 2.05) is 12.1 Å². The summed E-state index contributed by atoms with van der Waals surface area (Å²) in [6, 6.07) is 8.03. The van der Waals surface area contributed by atoms with Gasteiger partial charge in [0.15, 0.2) is 0 Å². The lowest BCUT2D eigenvalue weighted by molar-refractivity contribution is 0.276. The molecule has 0 fully saturated rings. The summed E-state index contributed by atoms with van der Waals surface area (Å²) in [6.07, 6.45) is 1.76. The first kappa shape index (κ1) is 14.5. The third-order valence-electron chi connectivity index (χ3n) is 2.84. The molecule has 0 bridgehead atoms. The van der Waals surface area contributed by atoms with Crippen LogP contribution in [0.3, 0.4) is 0 Å². The molecule has 1 atom stereocenters. The van der Waals surface area contributed by atoms with Crippen molar-refractivity contribution in [3.63, 3.8) is 0 Å². The van der Waals surface area contributed by atoms with Crippen molar-refractivity contribution in [1.29, 1.82) is 5.26 Å². The van der Waals surface area contributed by atoms with Crippen molar-refractivity contribution in [3.05, 3.63) is 29.3 Å². The van der Waals surface area contributed by atoms with E-state index in [1.165, 1.54) is 0 Å². The van der Waals surface area contributed by atoms with Gasteiger partial charge in [-0.3, -0.25) is 0 Å². The summed E-state index contributed by atoms with van der Waals surface area (Å²) in [5.41, 5.74) is 1.64. The molecule has 0 radical (unpaired) electrons. The largest absolute Gasteiger partial charge is 0.495 e. The molecule has 2 N–H and O–H groups in total. The van der Waals surface area contributed by atoms with Crippen molar-refractivity contribution in [3.8, 4) is 11.8 Å². The molecule has 0 aliphatic heterocycles. The molecule has 4 heteroatoms. The molecule has 0 spiro atoms. The topological polar surface area (TPSA) is 65.3 Å². The van der Waals surface area contributed by atoms with Gasteiger partial charge in [-0.1, -0.05) is 6.07 Å². The van der Waals surface area contributed by atoms with Crippen LogP contribution < -0.4 is 10.1 Å². The lowest BCUT2D eigenvalue weighted by Gasteiger charge is -2.13. The number of aliphatic hydroxyl groups is 1. The Hall–Kier alpha value is -1.57. The number of aliphatic hydroxyl groups excluding tert-OH is 1. The van der Waals surface area contributed by atoms with Crippen LogP contribution in [-0.2, 0) is 6.54 Å². The highest BCUT2D eigenvalue weighted by atomic mass is 16.5. The Bertz CT molecular complexity index is 413. The number of hydrogen-bond donors (Lipinski definition) is 2. The SMILES string of the molecule is COc1cc(CNC(C)CCCO)ccc1C#N. The van der Waals surface area contributed by atoms with Gasteiger partial charge in [0.05, 0.1) is 12.7 Å². The van der Waals surface area contributed by atoms with Crippen molar-refractivity contribution in [2.24, 2.45) is 0 Å². The maximum Gasteiger partial charge on any atom is 0.136 e. The van der Waals surface area contributed by atoms with E-state index in [0.717, 1.165) is 24.9 Å². The van der Waals surface area contributed by atoms with E-state index in [1.54, 1.807) is 13.2 Å². The van der Waals surface area contributed by atoms with E-state index in [2.05, 4.69) is 18.3 Å². The van der Waals surface area contributed by atoms with Crippen LogP contribution in [0.15, 0.2) is 18.2 Å². The van der Waals surface area contributed by atoms with Crippen molar-refractivity contribution in [2.75, 3.05) is 13.7 Å². The summed E-state index contributed by atoms with van der Waals surface area (Å²) >= 11 is 0. The van der Waals surface area contributed by atoms with Gasteiger partial charge in [-0.25, -0.2) is 0 Å². The highest BCUT2D eigenvalue weighted by Crippen LogP contribution is 2.19. The average Bonchev–Trinajstić information content (AvgIpc) is 2.42. The second-order valence-corrected chi connectivity index (χ2v) is 4.29. The summed E-state index contributed by atoms with van der Waals surface area (Å²) in [6.45, 7) is 3.06. The van der Waals surface area contributed by atoms with Crippen LogP contribution in [0.5, 0.6) is 5.75 Å². The Morgan fingerprint density at radius 2 is 2.28 bits per heavy atom. The molecule has 1 aromatic carbocycles. The predicted molar refractivity (Wildman–Crippen MR) is 70.3 cm³/mol. The molecule has 18 heavy (non-hydrogen) atoms. The Morgan fingerprint density at radius 1 is 1.50 bits per heavy atom. The second-order valence-electron chi connectivity index (χ2n) is 4.29. The molecular formula is C14H20N2O2. The Morgan fingerprint density at radius 3 is 2.89 bits per heavy atom. The van der Waals surface area contributed by atoms with Gasteiger partial charge >= 0.3 is 0 Å². The number of nitrogens with one attached hydrogen (secondary N) is 1. The predicted octanol–water partition coefficient (Wildman–Crippen LogP) is 1.82. The lowest BCUT2D eigenvalue weighted by Crippen LogP contribution is -2.25. The van der Waals surface area contributed by atoms with Crippen molar-refractivity contribution in [1.82, 2.24) is 5.32 Å². The fraction of sp³-hybridized carbons (Fsp3) is 0.500. The minimum Gasteiger partial charge on any atom is -0.495 e. The van der Waals surface area contributed by atoms with E-state index in [-0.39, 0.29) is 6.61 Å². The van der Waals surface area contributed by atoms with Crippen LogP contribution in [0.1, 0.15) is 30.9 Å². The first-order valence-electron chi connectivity index (χ1n) is 6.12. The van der Waals surface area contributed by atoms with Gasteiger partial charge in [-0.2, -0.15) is 5.26 Å². The monoisotopic (exact) mass is 248 g/mol. The Kier molecular flexibility index (Phi) is 6.20. The summed E-state index contributed by atoms with van der Waals surface area (Å²) in [5.74, 6) is 0.611. The Labute approximate surface area is 108 Å². The molecule has 98 valence electrons. The zero-order valence-corrected chi connectivity index (χ0v) is 10.9. The lowest BCUT2D eigenvalue weighted by atomic mass is 10.1. The minimum absolute atomic E-state index is 0.233. The number of methoxy groups -OCH3 is 1. The molecule has 1 aromatic rings. The maximum absolute atomic E-state index is 8.89. The van der Waals surface area contributed by atoms with Crippen molar-refractivity contribution < 1.29 is 9.84 Å². The molecule has 1 unspecified atom stereocenters. The molecular weight excluding hydrogens is 228 g/mol. The van der Waals surface area contributed by atoms with Crippen LogP contribution in [0, 0.1) is 11.3 Å². The summed E-state index contributed by atoms with van der Waals surface area (Å²) in [5, 5.41) is 21.0. The molecule has 1 rings (SSSR count). The third-order valence-corrected chi connectivity index (χ3v) is 2.84. The number of nitrogens with zero attached hydrogens (tertiary/aromatic N) is 1. The molecule has 4 nitrogen and oxygen atoms in total. The smallest absolute Gasteiger partial charge is 0.136 e. The van der Waals surface area contributed by atoms with Gasteiger partial charge in [0.1, 0.15) is 11.8 Å². The zero-order chi connectivity index (χ0) is 13.4. The molecule has 0 amide bonds. The fourth-order valence-corrected chi connectivity index (χ4v) is 1.73. The number of rotatable bonds is 7. The molecule has 0 aliphatic rings. The van der Waals surface area contributed by atoms with Gasteiger partial charge in [0.25, 0.3) is 0 Å². The van der Waals surface area contributed by atoms with Gasteiger partial charge in [-0.15, -0.1) is 0 Å². The van der Waals surface area contributed by atoms with E-state index >= 15 is 0 Å². The quantitative estimate of drug-likeness (QED) is 0.772. The third kappa shape index (κ3) is 4.36. The molecule has 0 heterocycles. The number of hydrogen-bond acceptors (Lipinski definition) is 4. The number of benzene rings is 1. The molecule has 0 aromatic heterocycles. The molecule has 0 aliphatic carbocycles. The Balaban J connectivity index is 2.55. The van der Waals surface area contributed by atoms with E-state index in [4.69, 9.17) is 15.1 Å². The minimum atomic E-state index is 0.233. The van der Waals surface area contributed by atoms with E-state index in [9.17, 15) is 0 Å². The summed E-state index contributed by atoms with van der Waals surface area (Å²) in [4.78, 5) is 0. The highest BCUT2D eigenvalue weighted by Gasteiger charge is 2.05. The first-order valence-corrected chi connectivity index (χ1v) is 6.12. The van der Waals surface area contributed by atoms with Gasteiger partial charge in [0, 0.05) is 19.2 Å². The fourth-order valence-electron chi connectivity index (χ4n) is 1.73. The second kappa shape index (κ2) is 7.70. The van der Waals surface area contributed by atoms with Crippen molar-refractivity contribution >= 4 is 0 Å². The highest BCUT2D eigenvalue weighted by molar-refractivity contribution is 5.45. The first-order chi connectivity index (χ1) is 8.71. The normalized spacial score (nSPS) is 11.9. The van der Waals surface area contributed by atoms with Gasteiger partial charge in [0.2, 0.25) is 0 Å². The van der Waals surface area contributed by atoms with Crippen LogP contribution in [0.2, 0.25) is 0 Å². The summed E-state index contributed by atoms with van der Waals surface area (Å²) < 4.78 is 5.17. The van der Waals surface area contributed by atoms with Crippen molar-refractivity contribution in [2.45, 2.75) is 32.4 Å². The zero-order valence-electron chi connectivity index (χ0n) is 10.9. The standard InChI is InChI=1S/C14H20N2O2/c1-11(4-3-7-17)16-10-12-5-6-13(9-15)14(8-12)18-2/h5-6,8,11,16-17H,3-4,7,10H2,1-2H3. The van der Waals surface area contributed by atoms with Crippen LogP contribution in [0.25, 0.3) is 0 Å². The average molecular weight is 248 g/mol. The van der Waals surface area contributed by atoms with Crippen LogP contribution >= 0.6 is 0 Å². The number of ether oxygens (including phenoxy) is 1. The van der Waals surface area contributed by atoms with E-state index < -0.39 is 0 Å². The van der Waals surface area contributed by atoms with Gasteiger partial charge < -0.3 is 15.2 Å². The summed E-state index contributed by atoms with van der Waals surface area (Å²) in [7, 11) is 1.57. The molecule has 0 saturated heterocycles. The van der Waals surface area contributed by atoms with Crippen LogP contribution in [-0.4, -0.2) is 24.9 Å². The van der Waals surface area contributed by atoms with Crippen LogP contribution in [0.4, 0.5) is 0 Å². The number of nitriles is 1. The maximum atomic E-state index is 8.89.